The second-order valence-electron chi connectivity index (χ2n) is 6.75. The zero-order chi connectivity index (χ0) is 22.2. The average molecular weight is 442 g/mol. The molecule has 0 spiro atoms. The van der Waals surface area contributed by atoms with E-state index in [1.165, 1.54) is 10.7 Å². The minimum Gasteiger partial charge on any atom is -0.494 e. The standard InChI is InChI=1S/C23H24ClN3O4/c1-3-30-19-5-4-6-20(15-19)31-16(2)23(29)25-13-14-27-22(28)12-11-21(26-27)17-7-9-18(24)10-8-17/h4-12,15-16H,3,13-14H2,1-2H3,(H,25,29). The van der Waals surface area contributed by atoms with Crippen LogP contribution in [0.4, 0.5) is 0 Å². The van der Waals surface area contributed by atoms with E-state index in [0.29, 0.717) is 28.8 Å². The molecule has 1 N–H and O–H groups in total. The quantitative estimate of drug-likeness (QED) is 0.549. The fourth-order valence-corrected chi connectivity index (χ4v) is 3.00. The molecule has 2 aromatic carbocycles. The molecule has 1 heterocycles. The maximum Gasteiger partial charge on any atom is 0.266 e. The molecular formula is C23H24ClN3O4. The largest absolute Gasteiger partial charge is 0.494 e. The van der Waals surface area contributed by atoms with Crippen LogP contribution in [-0.4, -0.2) is 34.9 Å². The maximum atomic E-state index is 12.4. The molecule has 1 amide bonds. The van der Waals surface area contributed by atoms with Crippen molar-refractivity contribution in [2.24, 2.45) is 0 Å². The van der Waals surface area contributed by atoms with Gasteiger partial charge in [0, 0.05) is 29.3 Å². The summed E-state index contributed by atoms with van der Waals surface area (Å²) >= 11 is 5.92. The molecule has 31 heavy (non-hydrogen) atoms. The molecule has 0 fully saturated rings. The number of amides is 1. The molecule has 1 aromatic heterocycles. The van der Waals surface area contributed by atoms with Gasteiger partial charge in [0.15, 0.2) is 6.10 Å². The molecule has 0 saturated heterocycles. The van der Waals surface area contributed by atoms with Crippen LogP contribution in [0.3, 0.4) is 0 Å². The van der Waals surface area contributed by atoms with E-state index in [-0.39, 0.29) is 24.6 Å². The number of hydrogen-bond donors (Lipinski definition) is 1. The Kier molecular flexibility index (Phi) is 7.67. The number of hydrogen-bond acceptors (Lipinski definition) is 5. The minimum absolute atomic E-state index is 0.235. The van der Waals surface area contributed by atoms with Gasteiger partial charge in [-0.3, -0.25) is 9.59 Å². The van der Waals surface area contributed by atoms with E-state index in [2.05, 4.69) is 10.4 Å². The normalized spacial score (nSPS) is 11.6. The Morgan fingerprint density at radius 1 is 1.13 bits per heavy atom. The second kappa shape index (κ2) is 10.6. The first-order valence-electron chi connectivity index (χ1n) is 9.97. The van der Waals surface area contributed by atoms with Crippen molar-refractivity contribution in [1.29, 1.82) is 0 Å². The smallest absolute Gasteiger partial charge is 0.266 e. The summed E-state index contributed by atoms with van der Waals surface area (Å²) in [5.74, 6) is 0.935. The number of benzene rings is 2. The minimum atomic E-state index is -0.707. The Hall–Kier alpha value is -3.32. The molecule has 3 aromatic rings. The van der Waals surface area contributed by atoms with Gasteiger partial charge in [-0.25, -0.2) is 4.68 Å². The van der Waals surface area contributed by atoms with E-state index in [1.54, 1.807) is 43.3 Å². The Bertz CT molecular complexity index is 1080. The van der Waals surface area contributed by atoms with E-state index in [1.807, 2.05) is 25.1 Å². The SMILES string of the molecule is CCOc1cccc(OC(C)C(=O)NCCn2nc(-c3ccc(Cl)cc3)ccc2=O)c1. The van der Waals surface area contributed by atoms with Crippen molar-refractivity contribution in [2.45, 2.75) is 26.5 Å². The first-order chi connectivity index (χ1) is 15.0. The first-order valence-corrected chi connectivity index (χ1v) is 10.4. The molecule has 1 unspecified atom stereocenters. The highest BCUT2D eigenvalue weighted by atomic mass is 35.5. The van der Waals surface area contributed by atoms with Crippen LogP contribution in [-0.2, 0) is 11.3 Å². The van der Waals surface area contributed by atoms with Gasteiger partial charge in [-0.15, -0.1) is 0 Å². The van der Waals surface area contributed by atoms with Gasteiger partial charge in [-0.05, 0) is 44.2 Å². The molecule has 0 aliphatic rings. The number of halogens is 1. The lowest BCUT2D eigenvalue weighted by Crippen LogP contribution is -2.39. The van der Waals surface area contributed by atoms with E-state index < -0.39 is 6.10 Å². The van der Waals surface area contributed by atoms with Gasteiger partial charge < -0.3 is 14.8 Å². The van der Waals surface area contributed by atoms with Crippen LogP contribution < -0.4 is 20.3 Å². The fraction of sp³-hybridized carbons (Fsp3) is 0.261. The van der Waals surface area contributed by atoms with Crippen LogP contribution in [0.2, 0.25) is 5.02 Å². The van der Waals surface area contributed by atoms with Crippen molar-refractivity contribution in [3.8, 4) is 22.8 Å². The van der Waals surface area contributed by atoms with Gasteiger partial charge in [0.05, 0.1) is 18.8 Å². The highest BCUT2D eigenvalue weighted by Crippen LogP contribution is 2.20. The maximum absolute atomic E-state index is 12.4. The third-order valence-electron chi connectivity index (χ3n) is 4.43. The molecule has 0 bridgehead atoms. The monoisotopic (exact) mass is 441 g/mol. The third kappa shape index (κ3) is 6.33. The zero-order valence-electron chi connectivity index (χ0n) is 17.4. The molecule has 162 valence electrons. The Morgan fingerprint density at radius 2 is 1.87 bits per heavy atom. The topological polar surface area (TPSA) is 82.4 Å². The number of carbonyl (C=O) groups is 1. The van der Waals surface area contributed by atoms with Crippen molar-refractivity contribution in [2.75, 3.05) is 13.2 Å². The van der Waals surface area contributed by atoms with Crippen LogP contribution in [0.25, 0.3) is 11.3 Å². The van der Waals surface area contributed by atoms with Crippen molar-refractivity contribution < 1.29 is 14.3 Å². The molecular weight excluding hydrogens is 418 g/mol. The van der Waals surface area contributed by atoms with Crippen molar-refractivity contribution in [1.82, 2.24) is 15.1 Å². The summed E-state index contributed by atoms with van der Waals surface area (Å²) in [7, 11) is 0. The third-order valence-corrected chi connectivity index (χ3v) is 4.68. The molecule has 0 aliphatic heterocycles. The lowest BCUT2D eigenvalue weighted by molar-refractivity contribution is -0.127. The molecule has 3 rings (SSSR count). The number of nitrogens with one attached hydrogen (secondary N) is 1. The number of ether oxygens (including phenoxy) is 2. The number of aromatic nitrogens is 2. The summed E-state index contributed by atoms with van der Waals surface area (Å²) in [6, 6.07) is 17.4. The Balaban J connectivity index is 1.56. The summed E-state index contributed by atoms with van der Waals surface area (Å²) in [6.45, 7) is 4.58. The zero-order valence-corrected chi connectivity index (χ0v) is 18.1. The number of nitrogens with zero attached hydrogens (tertiary/aromatic N) is 2. The molecule has 0 aliphatic carbocycles. The van der Waals surface area contributed by atoms with E-state index >= 15 is 0 Å². The van der Waals surface area contributed by atoms with E-state index in [9.17, 15) is 9.59 Å². The van der Waals surface area contributed by atoms with Crippen LogP contribution in [0.5, 0.6) is 11.5 Å². The van der Waals surface area contributed by atoms with Gasteiger partial charge in [0.2, 0.25) is 0 Å². The van der Waals surface area contributed by atoms with Gasteiger partial charge in [-0.1, -0.05) is 29.8 Å². The summed E-state index contributed by atoms with van der Waals surface area (Å²) in [5.41, 5.74) is 1.25. The lowest BCUT2D eigenvalue weighted by Gasteiger charge is -2.15. The van der Waals surface area contributed by atoms with Crippen LogP contribution in [0.1, 0.15) is 13.8 Å². The number of carbonyl (C=O) groups excluding carboxylic acids is 1. The summed E-state index contributed by atoms with van der Waals surface area (Å²) in [5, 5.41) is 7.77. The molecule has 7 nitrogen and oxygen atoms in total. The van der Waals surface area contributed by atoms with E-state index in [4.69, 9.17) is 21.1 Å². The predicted molar refractivity (Wildman–Crippen MR) is 120 cm³/mol. The highest BCUT2D eigenvalue weighted by molar-refractivity contribution is 6.30. The van der Waals surface area contributed by atoms with Crippen LogP contribution in [0, 0.1) is 0 Å². The Morgan fingerprint density at radius 3 is 2.61 bits per heavy atom. The van der Waals surface area contributed by atoms with Crippen LogP contribution >= 0.6 is 11.6 Å². The predicted octanol–water partition coefficient (Wildman–Crippen LogP) is 3.55. The van der Waals surface area contributed by atoms with Gasteiger partial charge >= 0.3 is 0 Å². The summed E-state index contributed by atoms with van der Waals surface area (Å²) in [6.07, 6.45) is -0.707. The van der Waals surface area contributed by atoms with E-state index in [0.717, 1.165) is 5.56 Å². The summed E-state index contributed by atoms with van der Waals surface area (Å²) < 4.78 is 12.4. The van der Waals surface area contributed by atoms with Crippen LogP contribution in [0.15, 0.2) is 65.5 Å². The van der Waals surface area contributed by atoms with Gasteiger partial charge in [0.1, 0.15) is 11.5 Å². The molecule has 0 radical (unpaired) electrons. The highest BCUT2D eigenvalue weighted by Gasteiger charge is 2.15. The molecule has 1 atom stereocenters. The van der Waals surface area contributed by atoms with Crippen molar-refractivity contribution >= 4 is 17.5 Å². The average Bonchev–Trinajstić information content (AvgIpc) is 2.76. The molecule has 0 saturated carbocycles. The van der Waals surface area contributed by atoms with Gasteiger partial charge in [0.25, 0.3) is 11.5 Å². The molecule has 8 heteroatoms. The second-order valence-corrected chi connectivity index (χ2v) is 7.18. The number of rotatable bonds is 9. The van der Waals surface area contributed by atoms with Crippen molar-refractivity contribution in [3.63, 3.8) is 0 Å². The lowest BCUT2D eigenvalue weighted by atomic mass is 10.1. The Labute approximate surface area is 185 Å². The van der Waals surface area contributed by atoms with Gasteiger partial charge in [-0.2, -0.15) is 5.10 Å². The van der Waals surface area contributed by atoms with Crippen molar-refractivity contribution in [3.05, 3.63) is 76.0 Å². The summed E-state index contributed by atoms with van der Waals surface area (Å²) in [4.78, 5) is 24.5. The first kappa shape index (κ1) is 22.4. The fourth-order valence-electron chi connectivity index (χ4n) is 2.87.